The zero-order valence-electron chi connectivity index (χ0n) is 14.6. The molecule has 1 heterocycles. The highest BCUT2D eigenvalue weighted by Crippen LogP contribution is 2.30. The first-order chi connectivity index (χ1) is 12.6. The number of carbonyl (C=O) groups is 1. The summed E-state index contributed by atoms with van der Waals surface area (Å²) in [6.45, 7) is 7.53. The molecule has 1 amide bonds. The van der Waals surface area contributed by atoms with E-state index < -0.39 is 0 Å². The average molecular weight is 362 g/mol. The molecule has 3 rings (SSSR count). The summed E-state index contributed by atoms with van der Waals surface area (Å²) in [5.74, 6) is 0.770. The highest BCUT2D eigenvalue weighted by atomic mass is 32.1. The summed E-state index contributed by atoms with van der Waals surface area (Å²) >= 11 is 1.46. The number of hydrogen-bond acceptors (Lipinski definition) is 3. The molecule has 4 nitrogen and oxygen atoms in total. The first-order valence-corrected chi connectivity index (χ1v) is 8.88. The van der Waals surface area contributed by atoms with Crippen LogP contribution in [0, 0.1) is 6.57 Å². The van der Waals surface area contributed by atoms with Crippen molar-refractivity contribution in [2.45, 2.75) is 6.54 Å². The molecule has 3 aromatic rings. The number of thiophene rings is 1. The molecule has 0 radical (unpaired) electrons. The molecule has 0 N–H and O–H groups in total. The summed E-state index contributed by atoms with van der Waals surface area (Å²) in [5.41, 5.74) is 2.64. The molecule has 1 aromatic heterocycles. The molecule has 0 spiro atoms. The van der Waals surface area contributed by atoms with Crippen LogP contribution >= 0.6 is 11.3 Å². The molecule has 0 aliphatic heterocycles. The number of rotatable bonds is 5. The summed E-state index contributed by atoms with van der Waals surface area (Å²) in [5, 5.41) is 0. The van der Waals surface area contributed by atoms with Crippen LogP contribution in [0.4, 0.5) is 5.69 Å². The van der Waals surface area contributed by atoms with E-state index in [1.807, 2.05) is 48.5 Å². The molecule has 5 heteroatoms. The van der Waals surface area contributed by atoms with Crippen molar-refractivity contribution in [3.05, 3.63) is 82.5 Å². The van der Waals surface area contributed by atoms with Gasteiger partial charge in [0.05, 0.1) is 18.6 Å². The van der Waals surface area contributed by atoms with Crippen LogP contribution in [-0.2, 0) is 6.54 Å². The van der Waals surface area contributed by atoms with E-state index in [4.69, 9.17) is 11.3 Å². The van der Waals surface area contributed by atoms with E-state index in [0.29, 0.717) is 17.1 Å². The van der Waals surface area contributed by atoms with Crippen LogP contribution in [0.25, 0.3) is 15.3 Å². The van der Waals surface area contributed by atoms with Crippen LogP contribution in [0.1, 0.15) is 15.2 Å². The van der Waals surface area contributed by atoms with Gasteiger partial charge in [-0.25, -0.2) is 4.85 Å². The maximum atomic E-state index is 12.7. The minimum absolute atomic E-state index is 0.0122. The fraction of sp³-hybridized carbons (Fsp3) is 0.143. The third-order valence-electron chi connectivity index (χ3n) is 4.00. The molecule has 0 aliphatic rings. The van der Waals surface area contributed by atoms with E-state index in [0.717, 1.165) is 21.8 Å². The number of ether oxygens (including phenoxy) is 1. The Balaban J connectivity index is 1.73. The SMILES string of the molecule is [C-]#[N+]c1ccc(-c2ccc(C(=O)N(C)Cc3cccc(OC)c3)s2)cc1. The van der Waals surface area contributed by atoms with Crippen molar-refractivity contribution in [1.82, 2.24) is 4.90 Å². The Kier molecular flexibility index (Phi) is 5.35. The van der Waals surface area contributed by atoms with E-state index in [1.54, 1.807) is 31.2 Å². The van der Waals surface area contributed by atoms with Gasteiger partial charge in [-0.1, -0.05) is 36.4 Å². The first-order valence-electron chi connectivity index (χ1n) is 8.07. The molecule has 130 valence electrons. The van der Waals surface area contributed by atoms with Gasteiger partial charge >= 0.3 is 0 Å². The predicted molar refractivity (Wildman–Crippen MR) is 105 cm³/mol. The maximum absolute atomic E-state index is 12.7. The van der Waals surface area contributed by atoms with E-state index in [-0.39, 0.29) is 5.91 Å². The number of amides is 1. The van der Waals surface area contributed by atoms with Crippen molar-refractivity contribution < 1.29 is 9.53 Å². The Hall–Kier alpha value is -3.10. The number of methoxy groups -OCH3 is 1. The molecule has 0 fully saturated rings. The molecule has 0 bridgehead atoms. The third kappa shape index (κ3) is 3.93. The van der Waals surface area contributed by atoms with E-state index in [2.05, 4.69) is 4.85 Å². The molecular weight excluding hydrogens is 344 g/mol. The van der Waals surface area contributed by atoms with Crippen molar-refractivity contribution in [1.29, 1.82) is 0 Å². The third-order valence-corrected chi connectivity index (χ3v) is 5.12. The lowest BCUT2D eigenvalue weighted by atomic mass is 10.2. The first kappa shape index (κ1) is 17.7. The fourth-order valence-electron chi connectivity index (χ4n) is 2.61. The van der Waals surface area contributed by atoms with Crippen LogP contribution in [0.2, 0.25) is 0 Å². The minimum atomic E-state index is -0.0122. The average Bonchev–Trinajstić information content (AvgIpc) is 3.17. The number of nitrogens with zero attached hydrogens (tertiary/aromatic N) is 2. The van der Waals surface area contributed by atoms with Crippen molar-refractivity contribution in [2.75, 3.05) is 14.2 Å². The molecule has 26 heavy (non-hydrogen) atoms. The lowest BCUT2D eigenvalue weighted by Gasteiger charge is -2.16. The summed E-state index contributed by atoms with van der Waals surface area (Å²) in [6.07, 6.45) is 0. The van der Waals surface area contributed by atoms with Gasteiger partial charge in [-0.05, 0) is 35.4 Å². The minimum Gasteiger partial charge on any atom is -0.497 e. The zero-order valence-corrected chi connectivity index (χ0v) is 15.4. The number of hydrogen-bond donors (Lipinski definition) is 0. The van der Waals surface area contributed by atoms with E-state index >= 15 is 0 Å². The second kappa shape index (κ2) is 7.85. The topological polar surface area (TPSA) is 33.9 Å². The highest BCUT2D eigenvalue weighted by molar-refractivity contribution is 7.17. The van der Waals surface area contributed by atoms with Crippen LogP contribution in [0.5, 0.6) is 5.75 Å². The molecular formula is C21H18N2O2S. The van der Waals surface area contributed by atoms with Gasteiger partial charge in [0.2, 0.25) is 0 Å². The van der Waals surface area contributed by atoms with Crippen molar-refractivity contribution >= 4 is 22.9 Å². The summed E-state index contributed by atoms with van der Waals surface area (Å²) in [4.78, 5) is 19.5. The summed E-state index contributed by atoms with van der Waals surface area (Å²) in [6, 6.07) is 18.9. The van der Waals surface area contributed by atoms with Crippen LogP contribution in [-0.4, -0.2) is 25.0 Å². The van der Waals surface area contributed by atoms with Crippen LogP contribution < -0.4 is 4.74 Å². The highest BCUT2D eigenvalue weighted by Gasteiger charge is 2.15. The Labute approximate surface area is 157 Å². The summed E-state index contributed by atoms with van der Waals surface area (Å²) < 4.78 is 5.23. The fourth-order valence-corrected chi connectivity index (χ4v) is 3.62. The monoisotopic (exact) mass is 362 g/mol. The summed E-state index contributed by atoms with van der Waals surface area (Å²) in [7, 11) is 3.43. The normalized spacial score (nSPS) is 10.2. The van der Waals surface area contributed by atoms with Gasteiger partial charge in [0, 0.05) is 18.5 Å². The molecule has 0 saturated carbocycles. The van der Waals surface area contributed by atoms with Gasteiger partial charge in [-0.15, -0.1) is 11.3 Å². The lowest BCUT2D eigenvalue weighted by Crippen LogP contribution is -2.25. The van der Waals surface area contributed by atoms with Crippen LogP contribution in [0.3, 0.4) is 0 Å². The lowest BCUT2D eigenvalue weighted by molar-refractivity contribution is 0.0790. The largest absolute Gasteiger partial charge is 0.497 e. The van der Waals surface area contributed by atoms with Gasteiger partial charge in [0.1, 0.15) is 5.75 Å². The second-order valence-corrected chi connectivity index (χ2v) is 6.92. The molecule has 0 atom stereocenters. The zero-order chi connectivity index (χ0) is 18.5. The van der Waals surface area contributed by atoms with Gasteiger partial charge in [0.25, 0.3) is 5.91 Å². The maximum Gasteiger partial charge on any atom is 0.263 e. The Morgan fingerprint density at radius 1 is 1.15 bits per heavy atom. The predicted octanol–water partition coefficient (Wildman–Crippen LogP) is 5.25. The Morgan fingerprint density at radius 3 is 2.62 bits per heavy atom. The van der Waals surface area contributed by atoms with Crippen LogP contribution in [0.15, 0.2) is 60.7 Å². The van der Waals surface area contributed by atoms with Gasteiger partial charge < -0.3 is 9.64 Å². The van der Waals surface area contributed by atoms with Crippen molar-refractivity contribution in [2.24, 2.45) is 0 Å². The number of carbonyl (C=O) groups excluding carboxylic acids is 1. The van der Waals surface area contributed by atoms with Gasteiger partial charge in [0.15, 0.2) is 5.69 Å². The second-order valence-electron chi connectivity index (χ2n) is 5.84. The van der Waals surface area contributed by atoms with E-state index in [1.165, 1.54) is 11.3 Å². The van der Waals surface area contributed by atoms with Crippen molar-refractivity contribution in [3.63, 3.8) is 0 Å². The number of benzene rings is 2. The molecule has 0 aliphatic carbocycles. The smallest absolute Gasteiger partial charge is 0.263 e. The molecule has 0 saturated heterocycles. The standard InChI is InChI=1S/C21H18N2O2S/c1-22-17-9-7-16(8-10-17)19-11-12-20(26-19)21(24)23(2)14-15-5-4-6-18(13-15)25-3/h4-13H,14H2,2-3H3. The Bertz CT molecular complexity index is 955. The Morgan fingerprint density at radius 2 is 1.92 bits per heavy atom. The van der Waals surface area contributed by atoms with E-state index in [9.17, 15) is 4.79 Å². The van der Waals surface area contributed by atoms with Gasteiger partial charge in [-0.2, -0.15) is 0 Å². The molecule has 2 aromatic carbocycles. The van der Waals surface area contributed by atoms with Gasteiger partial charge in [-0.3, -0.25) is 4.79 Å². The molecule has 0 unspecified atom stereocenters. The van der Waals surface area contributed by atoms with Crippen molar-refractivity contribution in [3.8, 4) is 16.2 Å². The quantitative estimate of drug-likeness (QED) is 0.581.